The Morgan fingerprint density at radius 3 is 2.61 bits per heavy atom. The normalized spacial score (nSPS) is 13.2. The number of benzene rings is 2. The molecule has 28 heavy (non-hydrogen) atoms. The highest BCUT2D eigenvalue weighted by Gasteiger charge is 2.26. The summed E-state index contributed by atoms with van der Waals surface area (Å²) in [7, 11) is -3.79. The SMILES string of the molecule is O=C(c1ccncc1)N1CCc2ccc(NS(=O)(=O)c3cccc(Cl)c3)cc21. The average Bonchev–Trinajstić information content (AvgIpc) is 3.11. The lowest BCUT2D eigenvalue weighted by Crippen LogP contribution is -2.28. The molecule has 0 aliphatic carbocycles. The summed E-state index contributed by atoms with van der Waals surface area (Å²) in [5, 5.41) is 0.339. The first kappa shape index (κ1) is 18.5. The molecule has 0 atom stereocenters. The van der Waals surface area contributed by atoms with Crippen molar-refractivity contribution in [2.45, 2.75) is 11.3 Å². The van der Waals surface area contributed by atoms with Gasteiger partial charge in [-0.25, -0.2) is 8.42 Å². The second kappa shape index (κ2) is 7.26. The van der Waals surface area contributed by atoms with Crippen molar-refractivity contribution in [1.29, 1.82) is 0 Å². The van der Waals surface area contributed by atoms with Crippen LogP contribution in [0.1, 0.15) is 15.9 Å². The van der Waals surface area contributed by atoms with Crippen LogP contribution in [-0.4, -0.2) is 25.9 Å². The van der Waals surface area contributed by atoms with E-state index in [9.17, 15) is 13.2 Å². The van der Waals surface area contributed by atoms with E-state index in [1.54, 1.807) is 53.7 Å². The predicted octanol–water partition coefficient (Wildman–Crippen LogP) is 3.74. The summed E-state index contributed by atoms with van der Waals surface area (Å²) >= 11 is 5.90. The Kier molecular flexibility index (Phi) is 4.78. The second-order valence-corrected chi connectivity index (χ2v) is 8.47. The summed E-state index contributed by atoms with van der Waals surface area (Å²) in [6.07, 6.45) is 3.85. The van der Waals surface area contributed by atoms with Crippen molar-refractivity contribution in [2.75, 3.05) is 16.2 Å². The van der Waals surface area contributed by atoms with Gasteiger partial charge in [0.05, 0.1) is 10.6 Å². The van der Waals surface area contributed by atoms with Crippen LogP contribution in [0.5, 0.6) is 0 Å². The number of carbonyl (C=O) groups excluding carboxylic acids is 1. The fraction of sp³-hybridized carbons (Fsp3) is 0.100. The molecule has 0 unspecified atom stereocenters. The maximum atomic E-state index is 12.8. The summed E-state index contributed by atoms with van der Waals surface area (Å²) in [4.78, 5) is 18.5. The lowest BCUT2D eigenvalue weighted by atomic mass is 10.1. The molecule has 6 nitrogen and oxygen atoms in total. The molecular weight excluding hydrogens is 398 g/mol. The number of rotatable bonds is 4. The van der Waals surface area contributed by atoms with E-state index in [1.807, 2.05) is 6.07 Å². The fourth-order valence-corrected chi connectivity index (χ4v) is 4.50. The number of fused-ring (bicyclic) bond motifs is 1. The van der Waals surface area contributed by atoms with E-state index < -0.39 is 10.0 Å². The molecule has 142 valence electrons. The van der Waals surface area contributed by atoms with Gasteiger partial charge in [-0.2, -0.15) is 0 Å². The molecule has 0 spiro atoms. The Morgan fingerprint density at radius 1 is 1.07 bits per heavy atom. The van der Waals surface area contributed by atoms with Crippen LogP contribution in [0.15, 0.2) is 71.9 Å². The van der Waals surface area contributed by atoms with Gasteiger partial charge in [0.15, 0.2) is 0 Å². The third-order valence-electron chi connectivity index (χ3n) is 4.51. The Bertz CT molecular complexity index is 1150. The predicted molar refractivity (Wildman–Crippen MR) is 108 cm³/mol. The molecule has 1 aromatic heterocycles. The minimum atomic E-state index is -3.79. The van der Waals surface area contributed by atoms with E-state index in [1.165, 1.54) is 12.1 Å². The van der Waals surface area contributed by atoms with Crippen molar-refractivity contribution in [3.63, 3.8) is 0 Å². The monoisotopic (exact) mass is 413 g/mol. The summed E-state index contributed by atoms with van der Waals surface area (Å²) in [6, 6.07) is 14.6. The lowest BCUT2D eigenvalue weighted by molar-refractivity contribution is 0.0989. The zero-order chi connectivity index (χ0) is 19.7. The van der Waals surface area contributed by atoms with Gasteiger partial charge >= 0.3 is 0 Å². The summed E-state index contributed by atoms with van der Waals surface area (Å²) in [5.74, 6) is -0.143. The molecule has 8 heteroatoms. The van der Waals surface area contributed by atoms with Gasteiger partial charge < -0.3 is 4.90 Å². The number of amides is 1. The Morgan fingerprint density at radius 2 is 1.86 bits per heavy atom. The molecule has 1 N–H and O–H groups in total. The number of hydrogen-bond acceptors (Lipinski definition) is 4. The van der Waals surface area contributed by atoms with Crippen LogP contribution >= 0.6 is 11.6 Å². The number of anilines is 2. The summed E-state index contributed by atoms with van der Waals surface area (Å²) in [5.41, 5.74) is 2.61. The number of nitrogens with one attached hydrogen (secondary N) is 1. The van der Waals surface area contributed by atoms with E-state index in [0.29, 0.717) is 34.9 Å². The molecule has 0 bridgehead atoms. The third-order valence-corrected chi connectivity index (χ3v) is 6.13. The standard InChI is InChI=1S/C20H16ClN3O3S/c21-16-2-1-3-18(12-16)28(26,27)23-17-5-4-14-8-11-24(19(14)13-17)20(25)15-6-9-22-10-7-15/h1-7,9-10,12-13,23H,8,11H2. The van der Waals surface area contributed by atoms with Crippen LogP contribution in [0.25, 0.3) is 0 Å². The summed E-state index contributed by atoms with van der Waals surface area (Å²) in [6.45, 7) is 0.543. The highest BCUT2D eigenvalue weighted by Crippen LogP contribution is 2.32. The Balaban J connectivity index is 1.63. The highest BCUT2D eigenvalue weighted by atomic mass is 35.5. The zero-order valence-corrected chi connectivity index (χ0v) is 16.2. The first-order valence-corrected chi connectivity index (χ1v) is 10.4. The largest absolute Gasteiger partial charge is 0.308 e. The van der Waals surface area contributed by atoms with Crippen LogP contribution < -0.4 is 9.62 Å². The smallest absolute Gasteiger partial charge is 0.261 e. The van der Waals surface area contributed by atoms with Gasteiger partial charge in [0.1, 0.15) is 0 Å². The Hall–Kier alpha value is -2.90. The van der Waals surface area contributed by atoms with E-state index >= 15 is 0 Å². The molecule has 2 heterocycles. The first-order chi connectivity index (χ1) is 13.4. The van der Waals surface area contributed by atoms with Crippen LogP contribution in [0, 0.1) is 0 Å². The fourth-order valence-electron chi connectivity index (χ4n) is 3.15. The van der Waals surface area contributed by atoms with E-state index in [0.717, 1.165) is 5.56 Å². The molecule has 0 saturated carbocycles. The van der Waals surface area contributed by atoms with Crippen molar-refractivity contribution in [3.8, 4) is 0 Å². The molecule has 1 aliphatic rings. The van der Waals surface area contributed by atoms with Gasteiger partial charge in [0.2, 0.25) is 0 Å². The molecule has 1 amide bonds. The number of nitrogens with zero attached hydrogens (tertiary/aromatic N) is 2. The molecule has 0 fully saturated rings. The molecule has 0 radical (unpaired) electrons. The summed E-state index contributed by atoms with van der Waals surface area (Å²) < 4.78 is 27.8. The number of hydrogen-bond donors (Lipinski definition) is 1. The van der Waals surface area contributed by atoms with Gasteiger partial charge in [0, 0.05) is 35.2 Å². The molecule has 2 aromatic carbocycles. The maximum Gasteiger partial charge on any atom is 0.261 e. The number of carbonyl (C=O) groups is 1. The minimum absolute atomic E-state index is 0.0743. The second-order valence-electron chi connectivity index (χ2n) is 6.35. The quantitative estimate of drug-likeness (QED) is 0.706. The molecule has 4 rings (SSSR count). The lowest BCUT2D eigenvalue weighted by Gasteiger charge is -2.18. The van der Waals surface area contributed by atoms with Crippen LogP contribution in [-0.2, 0) is 16.4 Å². The number of sulfonamides is 1. The van der Waals surface area contributed by atoms with Crippen molar-refractivity contribution < 1.29 is 13.2 Å². The number of aromatic nitrogens is 1. The van der Waals surface area contributed by atoms with Gasteiger partial charge in [-0.1, -0.05) is 23.7 Å². The van der Waals surface area contributed by atoms with Crippen molar-refractivity contribution >= 4 is 38.9 Å². The molecule has 3 aromatic rings. The van der Waals surface area contributed by atoms with Crippen molar-refractivity contribution in [1.82, 2.24) is 4.98 Å². The average molecular weight is 414 g/mol. The Labute approximate surface area is 167 Å². The van der Waals surface area contributed by atoms with Crippen molar-refractivity contribution in [3.05, 3.63) is 83.1 Å². The zero-order valence-electron chi connectivity index (χ0n) is 14.7. The van der Waals surface area contributed by atoms with Gasteiger partial charge in [-0.05, 0) is 54.4 Å². The molecular formula is C20H16ClN3O3S. The van der Waals surface area contributed by atoms with Crippen molar-refractivity contribution in [2.24, 2.45) is 0 Å². The minimum Gasteiger partial charge on any atom is -0.308 e. The third kappa shape index (κ3) is 3.58. The number of pyridine rings is 1. The highest BCUT2D eigenvalue weighted by molar-refractivity contribution is 7.92. The van der Waals surface area contributed by atoms with E-state index in [-0.39, 0.29) is 10.8 Å². The molecule has 1 aliphatic heterocycles. The van der Waals surface area contributed by atoms with E-state index in [4.69, 9.17) is 11.6 Å². The molecule has 0 saturated heterocycles. The van der Waals surface area contributed by atoms with Gasteiger partial charge in [-0.3, -0.25) is 14.5 Å². The van der Waals surface area contributed by atoms with Crippen LogP contribution in [0.4, 0.5) is 11.4 Å². The van der Waals surface area contributed by atoms with Crippen LogP contribution in [0.2, 0.25) is 5.02 Å². The van der Waals surface area contributed by atoms with Crippen LogP contribution in [0.3, 0.4) is 0 Å². The first-order valence-electron chi connectivity index (χ1n) is 8.57. The topological polar surface area (TPSA) is 79.4 Å². The van der Waals surface area contributed by atoms with Gasteiger partial charge in [0.25, 0.3) is 15.9 Å². The number of halogens is 1. The van der Waals surface area contributed by atoms with E-state index in [2.05, 4.69) is 9.71 Å². The van der Waals surface area contributed by atoms with Gasteiger partial charge in [-0.15, -0.1) is 0 Å². The maximum absolute atomic E-state index is 12.8.